The number of hydrogen-bond acceptors (Lipinski definition) is 3. The maximum absolute atomic E-state index is 12.8. The summed E-state index contributed by atoms with van der Waals surface area (Å²) in [7, 11) is 0. The highest BCUT2D eigenvalue weighted by molar-refractivity contribution is 5.92. The first-order valence-corrected chi connectivity index (χ1v) is 10.0. The molecular formula is C21H25F3N4O. The first-order chi connectivity index (χ1) is 13.8. The summed E-state index contributed by atoms with van der Waals surface area (Å²) in [6, 6.07) is 11.2. The molecule has 0 radical (unpaired) electrons. The fourth-order valence-electron chi connectivity index (χ4n) is 4.61. The Morgan fingerprint density at radius 1 is 1.14 bits per heavy atom. The molecule has 29 heavy (non-hydrogen) atoms. The number of likely N-dealkylation sites (tertiary alicyclic amines) is 2. The molecule has 0 unspecified atom stereocenters. The summed E-state index contributed by atoms with van der Waals surface area (Å²) in [5.74, 6) is -0.421. The second-order valence-electron chi connectivity index (χ2n) is 8.26. The highest BCUT2D eigenvalue weighted by Crippen LogP contribution is 2.39. The third kappa shape index (κ3) is 4.47. The van der Waals surface area contributed by atoms with Crippen molar-refractivity contribution in [3.8, 4) is 0 Å². The Kier molecular flexibility index (Phi) is 5.38. The van der Waals surface area contributed by atoms with Gasteiger partial charge in [-0.05, 0) is 37.8 Å². The zero-order valence-electron chi connectivity index (χ0n) is 16.2. The van der Waals surface area contributed by atoms with Gasteiger partial charge in [0.2, 0.25) is 0 Å². The quantitative estimate of drug-likeness (QED) is 0.844. The van der Waals surface area contributed by atoms with Crippen molar-refractivity contribution in [3.63, 3.8) is 0 Å². The third-order valence-corrected chi connectivity index (χ3v) is 6.13. The normalized spacial score (nSPS) is 23.1. The van der Waals surface area contributed by atoms with Crippen molar-refractivity contribution in [2.75, 3.05) is 32.7 Å². The van der Waals surface area contributed by atoms with Crippen LogP contribution in [-0.4, -0.2) is 58.6 Å². The third-order valence-electron chi connectivity index (χ3n) is 6.13. The number of hydrogen-bond donors (Lipinski definition) is 1. The molecule has 0 saturated carbocycles. The van der Waals surface area contributed by atoms with Crippen LogP contribution >= 0.6 is 0 Å². The number of aromatic nitrogens is 2. The number of H-pyrrole nitrogens is 1. The maximum Gasteiger partial charge on any atom is 0.432 e. The number of amides is 1. The number of carbonyl (C=O) groups excluding carboxylic acids is 1. The maximum atomic E-state index is 12.8. The van der Waals surface area contributed by atoms with E-state index >= 15 is 0 Å². The van der Waals surface area contributed by atoms with Gasteiger partial charge in [-0.2, -0.15) is 18.3 Å². The predicted molar refractivity (Wildman–Crippen MR) is 102 cm³/mol. The van der Waals surface area contributed by atoms with E-state index < -0.39 is 17.8 Å². The molecule has 156 valence electrons. The number of alkyl halides is 3. The van der Waals surface area contributed by atoms with Crippen LogP contribution in [0.5, 0.6) is 0 Å². The molecule has 2 aliphatic rings. The average molecular weight is 406 g/mol. The van der Waals surface area contributed by atoms with Gasteiger partial charge in [0.25, 0.3) is 5.91 Å². The Hall–Kier alpha value is -2.35. The van der Waals surface area contributed by atoms with Gasteiger partial charge in [-0.3, -0.25) is 9.89 Å². The lowest BCUT2D eigenvalue weighted by molar-refractivity contribution is -0.141. The highest BCUT2D eigenvalue weighted by Gasteiger charge is 2.43. The van der Waals surface area contributed by atoms with Crippen LogP contribution in [0.1, 0.15) is 41.0 Å². The molecule has 2 aromatic rings. The monoisotopic (exact) mass is 406 g/mol. The largest absolute Gasteiger partial charge is 0.432 e. The molecule has 3 heterocycles. The SMILES string of the molecule is O=C(c1cc(C(F)(F)F)[nH]n1)N1CC[C@]2(CCCN(CCc3ccccc3)C2)C1. The zero-order valence-corrected chi connectivity index (χ0v) is 16.2. The van der Waals surface area contributed by atoms with E-state index in [1.165, 1.54) is 5.56 Å². The van der Waals surface area contributed by atoms with E-state index in [9.17, 15) is 18.0 Å². The van der Waals surface area contributed by atoms with Crippen LogP contribution in [-0.2, 0) is 12.6 Å². The first-order valence-electron chi connectivity index (χ1n) is 10.0. The van der Waals surface area contributed by atoms with Gasteiger partial charge in [0.05, 0.1) is 0 Å². The van der Waals surface area contributed by atoms with E-state index in [-0.39, 0.29) is 11.1 Å². The van der Waals surface area contributed by atoms with Crippen LogP contribution < -0.4 is 0 Å². The van der Waals surface area contributed by atoms with E-state index in [2.05, 4.69) is 22.1 Å². The number of piperidine rings is 1. The molecule has 1 spiro atoms. The lowest BCUT2D eigenvalue weighted by Gasteiger charge is -2.40. The van der Waals surface area contributed by atoms with Crippen molar-refractivity contribution in [2.24, 2.45) is 5.41 Å². The summed E-state index contributed by atoms with van der Waals surface area (Å²) in [5, 5.41) is 5.52. The lowest BCUT2D eigenvalue weighted by atomic mass is 9.79. The van der Waals surface area contributed by atoms with Crippen LogP contribution in [0.15, 0.2) is 36.4 Å². The number of aromatic amines is 1. The minimum atomic E-state index is -4.53. The summed E-state index contributed by atoms with van der Waals surface area (Å²) in [4.78, 5) is 16.8. The standard InChI is InChI=1S/C21H25F3N4O/c22-21(23,24)18-13-17(25-26-18)19(29)28-12-9-20(15-28)8-4-10-27(14-20)11-7-16-5-2-1-3-6-16/h1-3,5-6,13H,4,7-12,14-15H2,(H,25,26)/t20-/m0/s1. The van der Waals surface area contributed by atoms with Gasteiger partial charge in [-0.15, -0.1) is 0 Å². The predicted octanol–water partition coefficient (Wildman–Crippen LogP) is 3.60. The van der Waals surface area contributed by atoms with Gasteiger partial charge < -0.3 is 9.80 Å². The van der Waals surface area contributed by atoms with Gasteiger partial charge in [0.15, 0.2) is 5.69 Å². The Morgan fingerprint density at radius 2 is 1.93 bits per heavy atom. The summed E-state index contributed by atoms with van der Waals surface area (Å²) in [5.41, 5.74) is 0.202. The van der Waals surface area contributed by atoms with Crippen molar-refractivity contribution in [1.29, 1.82) is 0 Å². The molecule has 1 N–H and O–H groups in total. The molecule has 4 rings (SSSR count). The van der Waals surface area contributed by atoms with Crippen LogP contribution in [0.3, 0.4) is 0 Å². The molecule has 1 amide bonds. The number of halogens is 3. The molecule has 2 fully saturated rings. The van der Waals surface area contributed by atoms with E-state index in [0.29, 0.717) is 13.1 Å². The molecule has 1 aromatic carbocycles. The van der Waals surface area contributed by atoms with Crippen LogP contribution in [0.2, 0.25) is 0 Å². The van der Waals surface area contributed by atoms with Gasteiger partial charge >= 0.3 is 6.18 Å². The van der Waals surface area contributed by atoms with Crippen molar-refractivity contribution < 1.29 is 18.0 Å². The summed E-state index contributed by atoms with van der Waals surface area (Å²) in [6.07, 6.45) is -0.519. The van der Waals surface area contributed by atoms with Crippen LogP contribution in [0.4, 0.5) is 13.2 Å². The Morgan fingerprint density at radius 3 is 2.66 bits per heavy atom. The Balaban J connectivity index is 1.36. The molecule has 8 heteroatoms. The highest BCUT2D eigenvalue weighted by atomic mass is 19.4. The summed E-state index contributed by atoms with van der Waals surface area (Å²) < 4.78 is 38.3. The molecule has 1 atom stereocenters. The second kappa shape index (κ2) is 7.82. The number of rotatable bonds is 4. The molecule has 0 bridgehead atoms. The van der Waals surface area contributed by atoms with Gasteiger partial charge in [-0.1, -0.05) is 30.3 Å². The zero-order chi connectivity index (χ0) is 20.5. The molecule has 0 aliphatic carbocycles. The summed E-state index contributed by atoms with van der Waals surface area (Å²) >= 11 is 0. The van der Waals surface area contributed by atoms with Crippen LogP contribution in [0, 0.1) is 5.41 Å². The Labute approximate surface area is 167 Å². The second-order valence-corrected chi connectivity index (χ2v) is 8.26. The molecule has 5 nitrogen and oxygen atoms in total. The van der Waals surface area contributed by atoms with Crippen molar-refractivity contribution in [3.05, 3.63) is 53.3 Å². The molecule has 1 aromatic heterocycles. The van der Waals surface area contributed by atoms with E-state index in [0.717, 1.165) is 51.4 Å². The summed E-state index contributed by atoms with van der Waals surface area (Å²) in [6.45, 7) is 4.12. The molecular weight excluding hydrogens is 381 g/mol. The number of nitrogens with zero attached hydrogens (tertiary/aromatic N) is 3. The number of benzene rings is 1. The van der Waals surface area contributed by atoms with Gasteiger partial charge in [-0.25, -0.2) is 0 Å². The molecule has 2 saturated heterocycles. The molecule has 2 aliphatic heterocycles. The van der Waals surface area contributed by atoms with E-state index in [4.69, 9.17) is 0 Å². The van der Waals surface area contributed by atoms with E-state index in [1.54, 1.807) is 4.90 Å². The minimum Gasteiger partial charge on any atom is -0.337 e. The first kappa shape index (κ1) is 19.9. The minimum absolute atomic E-state index is 0.0355. The topological polar surface area (TPSA) is 52.2 Å². The van der Waals surface area contributed by atoms with Gasteiger partial charge in [0, 0.05) is 37.7 Å². The smallest absolute Gasteiger partial charge is 0.337 e. The lowest BCUT2D eigenvalue weighted by Crippen LogP contribution is -2.46. The fraction of sp³-hybridized carbons (Fsp3) is 0.524. The van der Waals surface area contributed by atoms with Crippen molar-refractivity contribution >= 4 is 5.91 Å². The van der Waals surface area contributed by atoms with Crippen molar-refractivity contribution in [1.82, 2.24) is 20.0 Å². The van der Waals surface area contributed by atoms with Gasteiger partial charge in [0.1, 0.15) is 5.69 Å². The Bertz CT molecular complexity index is 851. The van der Waals surface area contributed by atoms with Crippen LogP contribution in [0.25, 0.3) is 0 Å². The average Bonchev–Trinajstić information content (AvgIpc) is 3.35. The van der Waals surface area contributed by atoms with Crippen molar-refractivity contribution in [2.45, 2.75) is 31.9 Å². The number of carbonyl (C=O) groups is 1. The number of nitrogens with one attached hydrogen (secondary N) is 1. The fourth-order valence-corrected chi connectivity index (χ4v) is 4.61. The van der Waals surface area contributed by atoms with E-state index in [1.807, 2.05) is 23.3 Å².